The lowest BCUT2D eigenvalue weighted by Crippen LogP contribution is -2.17. The lowest BCUT2D eigenvalue weighted by atomic mass is 9.90. The largest absolute Gasteiger partial charge is 0.497 e. The monoisotopic (exact) mass is 528 g/mol. The minimum atomic E-state index is 0.488. The Balaban J connectivity index is 1.66. The first-order valence-electron chi connectivity index (χ1n) is 13.3. The SMILES string of the molecule is COc1ccc(Nc2ccc(C(=C3C=CC(=[N+](C)CCC#N)C=C3)c3ccc(N(C)CCC#N)cc3)cc2)cc1. The fourth-order valence-electron chi connectivity index (χ4n) is 4.52. The van der Waals surface area contributed by atoms with E-state index >= 15 is 0 Å². The number of hydrogen-bond acceptors (Lipinski definition) is 5. The van der Waals surface area contributed by atoms with Crippen molar-refractivity contribution >= 4 is 28.3 Å². The molecule has 6 nitrogen and oxygen atoms in total. The van der Waals surface area contributed by atoms with Crippen LogP contribution in [0, 0.1) is 22.7 Å². The summed E-state index contributed by atoms with van der Waals surface area (Å²) in [5, 5.41) is 21.3. The van der Waals surface area contributed by atoms with Gasteiger partial charge in [0.05, 0.1) is 32.1 Å². The predicted molar refractivity (Wildman–Crippen MR) is 163 cm³/mol. The molecular formula is C34H34N5O+. The standard InChI is InChI=1S/C34H33N5O/c1-38(24-4-22-35)31-16-8-27(9-17-31)34(28-10-18-32(19-11-28)39(2)25-5-23-36)26-6-12-29(13-7-26)37-30-14-20-33(40-3)21-15-30/h6-21H,4-5,24-25H2,1-3H3/p+1. The summed E-state index contributed by atoms with van der Waals surface area (Å²) in [6.45, 7) is 1.38. The minimum Gasteiger partial charge on any atom is -0.497 e. The van der Waals surface area contributed by atoms with Gasteiger partial charge < -0.3 is 15.0 Å². The molecule has 0 saturated carbocycles. The molecule has 0 unspecified atom stereocenters. The van der Waals surface area contributed by atoms with E-state index in [1.165, 1.54) is 0 Å². The number of rotatable bonds is 10. The van der Waals surface area contributed by atoms with E-state index < -0.39 is 0 Å². The van der Waals surface area contributed by atoms with Crippen molar-refractivity contribution in [3.63, 3.8) is 0 Å². The highest BCUT2D eigenvalue weighted by Crippen LogP contribution is 2.32. The second kappa shape index (κ2) is 13.6. The van der Waals surface area contributed by atoms with Crippen LogP contribution in [0.2, 0.25) is 0 Å². The highest BCUT2D eigenvalue weighted by Gasteiger charge is 2.15. The average Bonchev–Trinajstić information content (AvgIpc) is 3.00. The number of nitrogens with one attached hydrogen (secondary N) is 1. The van der Waals surface area contributed by atoms with E-state index in [4.69, 9.17) is 15.3 Å². The predicted octanol–water partition coefficient (Wildman–Crippen LogP) is 6.71. The van der Waals surface area contributed by atoms with Gasteiger partial charge in [-0.1, -0.05) is 24.3 Å². The number of allylic oxidation sites excluding steroid dienone is 5. The second-order valence-electron chi connectivity index (χ2n) is 9.56. The lowest BCUT2D eigenvalue weighted by molar-refractivity contribution is -0.494. The number of methoxy groups -OCH3 is 1. The van der Waals surface area contributed by atoms with Crippen molar-refractivity contribution in [2.75, 3.05) is 44.5 Å². The molecule has 0 aromatic heterocycles. The molecule has 0 aliphatic heterocycles. The van der Waals surface area contributed by atoms with Gasteiger partial charge in [-0.25, -0.2) is 4.58 Å². The van der Waals surface area contributed by atoms with Crippen LogP contribution in [-0.2, 0) is 0 Å². The number of hydrogen-bond donors (Lipinski definition) is 1. The fraction of sp³-hybridized carbons (Fsp3) is 0.206. The maximum atomic E-state index is 8.94. The van der Waals surface area contributed by atoms with Crippen molar-refractivity contribution in [3.8, 4) is 17.9 Å². The van der Waals surface area contributed by atoms with Crippen LogP contribution >= 0.6 is 0 Å². The molecule has 1 N–H and O–H groups in total. The Morgan fingerprint density at radius 3 is 1.90 bits per heavy atom. The van der Waals surface area contributed by atoms with Gasteiger partial charge in [0.1, 0.15) is 12.8 Å². The zero-order chi connectivity index (χ0) is 28.3. The highest BCUT2D eigenvalue weighted by molar-refractivity contribution is 6.04. The van der Waals surface area contributed by atoms with Gasteiger partial charge in [-0.2, -0.15) is 10.5 Å². The van der Waals surface area contributed by atoms with Crippen LogP contribution in [0.1, 0.15) is 24.0 Å². The van der Waals surface area contributed by atoms with Crippen molar-refractivity contribution in [2.45, 2.75) is 12.8 Å². The van der Waals surface area contributed by atoms with E-state index in [2.05, 4.69) is 99.8 Å². The Labute approximate surface area is 237 Å². The summed E-state index contributed by atoms with van der Waals surface area (Å²) in [6, 6.07) is 29.3. The highest BCUT2D eigenvalue weighted by atomic mass is 16.5. The number of anilines is 3. The van der Waals surface area contributed by atoms with Crippen molar-refractivity contribution in [1.29, 1.82) is 10.5 Å². The Morgan fingerprint density at radius 1 is 0.800 bits per heavy atom. The molecule has 0 fully saturated rings. The zero-order valence-electron chi connectivity index (χ0n) is 23.3. The molecule has 0 bridgehead atoms. The topological polar surface area (TPSA) is 75.1 Å². The first-order chi connectivity index (χ1) is 19.5. The molecule has 0 amide bonds. The summed E-state index contributed by atoms with van der Waals surface area (Å²) in [5.74, 6) is 0.824. The van der Waals surface area contributed by atoms with E-state index in [-0.39, 0.29) is 0 Å². The van der Waals surface area contributed by atoms with Crippen molar-refractivity contribution < 1.29 is 9.31 Å². The molecule has 0 atom stereocenters. The third-order valence-corrected chi connectivity index (χ3v) is 6.86. The molecule has 0 radical (unpaired) electrons. The van der Waals surface area contributed by atoms with Crippen molar-refractivity contribution in [3.05, 3.63) is 114 Å². The van der Waals surface area contributed by atoms with E-state index in [1.807, 2.05) is 38.4 Å². The van der Waals surface area contributed by atoms with Crippen molar-refractivity contribution in [1.82, 2.24) is 0 Å². The molecule has 200 valence electrons. The Bertz CT molecular complexity index is 1500. The number of benzene rings is 3. The van der Waals surface area contributed by atoms with Gasteiger partial charge in [-0.3, -0.25) is 0 Å². The van der Waals surface area contributed by atoms with E-state index in [0.29, 0.717) is 25.9 Å². The van der Waals surface area contributed by atoms with Gasteiger partial charge in [0.15, 0.2) is 12.3 Å². The Kier molecular flexibility index (Phi) is 9.53. The zero-order valence-corrected chi connectivity index (χ0v) is 23.3. The summed E-state index contributed by atoms with van der Waals surface area (Å²) in [6.07, 6.45) is 9.48. The quantitative estimate of drug-likeness (QED) is 0.296. The molecule has 4 rings (SSSR count). The summed E-state index contributed by atoms with van der Waals surface area (Å²) in [5.41, 5.74) is 8.60. The Morgan fingerprint density at radius 2 is 1.35 bits per heavy atom. The second-order valence-corrected chi connectivity index (χ2v) is 9.56. The summed E-state index contributed by atoms with van der Waals surface area (Å²) in [4.78, 5) is 2.10. The summed E-state index contributed by atoms with van der Waals surface area (Å²) in [7, 11) is 5.68. The maximum Gasteiger partial charge on any atom is 0.199 e. The molecule has 0 heterocycles. The summed E-state index contributed by atoms with van der Waals surface area (Å²) < 4.78 is 7.35. The molecule has 0 saturated heterocycles. The maximum absolute atomic E-state index is 8.94. The fourth-order valence-corrected chi connectivity index (χ4v) is 4.52. The van der Waals surface area contributed by atoms with Gasteiger partial charge in [0.25, 0.3) is 0 Å². The van der Waals surface area contributed by atoms with Crippen LogP contribution in [0.4, 0.5) is 17.1 Å². The number of ether oxygens (including phenoxy) is 1. The van der Waals surface area contributed by atoms with Crippen LogP contribution in [0.15, 0.2) is 103 Å². The lowest BCUT2D eigenvalue weighted by Gasteiger charge is -2.19. The molecule has 1 aliphatic carbocycles. The molecule has 3 aromatic rings. The molecule has 6 heteroatoms. The molecule has 3 aromatic carbocycles. The third kappa shape index (κ3) is 7.07. The minimum absolute atomic E-state index is 0.488. The molecular weight excluding hydrogens is 494 g/mol. The van der Waals surface area contributed by atoms with Gasteiger partial charge in [0, 0.05) is 42.8 Å². The van der Waals surface area contributed by atoms with Crippen LogP contribution < -0.4 is 15.0 Å². The summed E-state index contributed by atoms with van der Waals surface area (Å²) >= 11 is 0. The average molecular weight is 529 g/mol. The van der Waals surface area contributed by atoms with Crippen LogP contribution in [0.25, 0.3) is 5.57 Å². The van der Waals surface area contributed by atoms with E-state index in [1.54, 1.807) is 7.11 Å². The molecule has 1 aliphatic rings. The van der Waals surface area contributed by atoms with Gasteiger partial charge in [-0.05, 0) is 83.0 Å². The van der Waals surface area contributed by atoms with Crippen molar-refractivity contribution in [2.24, 2.45) is 0 Å². The molecule has 40 heavy (non-hydrogen) atoms. The van der Waals surface area contributed by atoms with Crippen LogP contribution in [0.3, 0.4) is 0 Å². The smallest absolute Gasteiger partial charge is 0.199 e. The van der Waals surface area contributed by atoms with Gasteiger partial charge in [-0.15, -0.1) is 0 Å². The first kappa shape index (κ1) is 28.0. The van der Waals surface area contributed by atoms with Gasteiger partial charge in [0.2, 0.25) is 0 Å². The number of nitrogens with zero attached hydrogens (tertiary/aromatic N) is 4. The normalized spacial score (nSPS) is 11.9. The van der Waals surface area contributed by atoms with Crippen LogP contribution in [-0.4, -0.2) is 44.6 Å². The Hall–Kier alpha value is -5.07. The first-order valence-corrected chi connectivity index (χ1v) is 13.3. The third-order valence-electron chi connectivity index (χ3n) is 6.86. The molecule has 0 spiro atoms. The van der Waals surface area contributed by atoms with E-state index in [0.717, 1.165) is 50.8 Å². The number of nitriles is 2. The van der Waals surface area contributed by atoms with Crippen LogP contribution in [0.5, 0.6) is 5.75 Å². The van der Waals surface area contributed by atoms with E-state index in [9.17, 15) is 0 Å². The van der Waals surface area contributed by atoms with Gasteiger partial charge >= 0.3 is 0 Å².